The van der Waals surface area contributed by atoms with Crippen LogP contribution < -0.4 is 10.1 Å². The van der Waals surface area contributed by atoms with Gasteiger partial charge in [-0.1, -0.05) is 37.1 Å². The topological polar surface area (TPSA) is 77.3 Å². The molecular formula is C20H21N3O3S. The Bertz CT molecular complexity index is 907. The molecule has 1 amide bonds. The standard InChI is InChI=1S/C20H21N3O3S/c1-13(2)27-17-6-4-5-15(12-17)19(24)21-20-23-22-18(26-20)11-14-7-9-16(25-3)10-8-14/h4-10,12-13H,11H2,1-3H3,(H,21,23,24). The van der Waals surface area contributed by atoms with Gasteiger partial charge in [0.15, 0.2) is 0 Å². The van der Waals surface area contributed by atoms with E-state index < -0.39 is 0 Å². The minimum atomic E-state index is -0.277. The van der Waals surface area contributed by atoms with Crippen molar-refractivity contribution < 1.29 is 13.9 Å². The Hall–Kier alpha value is -2.80. The number of aromatic nitrogens is 2. The first-order valence-electron chi connectivity index (χ1n) is 8.57. The van der Waals surface area contributed by atoms with Crippen molar-refractivity contribution >= 4 is 23.7 Å². The fourth-order valence-corrected chi connectivity index (χ4v) is 3.34. The first-order valence-corrected chi connectivity index (χ1v) is 9.45. The van der Waals surface area contributed by atoms with Crippen LogP contribution in [-0.2, 0) is 6.42 Å². The van der Waals surface area contributed by atoms with Crippen LogP contribution in [0.3, 0.4) is 0 Å². The summed E-state index contributed by atoms with van der Waals surface area (Å²) in [7, 11) is 1.62. The van der Waals surface area contributed by atoms with Crippen molar-refractivity contribution in [1.82, 2.24) is 10.2 Å². The molecule has 0 radical (unpaired) electrons. The summed E-state index contributed by atoms with van der Waals surface area (Å²) < 4.78 is 10.7. The molecule has 1 heterocycles. The van der Waals surface area contributed by atoms with E-state index in [1.54, 1.807) is 24.9 Å². The molecule has 1 N–H and O–H groups in total. The number of carbonyl (C=O) groups excluding carboxylic acids is 1. The van der Waals surface area contributed by atoms with Gasteiger partial charge in [-0.05, 0) is 35.9 Å². The SMILES string of the molecule is COc1ccc(Cc2nnc(NC(=O)c3cccc(SC(C)C)c3)o2)cc1. The van der Waals surface area contributed by atoms with Crippen molar-refractivity contribution in [2.24, 2.45) is 0 Å². The average molecular weight is 383 g/mol. The highest BCUT2D eigenvalue weighted by Crippen LogP contribution is 2.24. The third-order valence-corrected chi connectivity index (χ3v) is 4.67. The lowest BCUT2D eigenvalue weighted by atomic mass is 10.1. The maximum atomic E-state index is 12.4. The fraction of sp³-hybridized carbons (Fsp3) is 0.250. The maximum absolute atomic E-state index is 12.4. The highest BCUT2D eigenvalue weighted by molar-refractivity contribution is 7.99. The monoisotopic (exact) mass is 383 g/mol. The van der Waals surface area contributed by atoms with Gasteiger partial charge < -0.3 is 9.15 Å². The fourth-order valence-electron chi connectivity index (χ4n) is 2.45. The lowest BCUT2D eigenvalue weighted by Crippen LogP contribution is -2.12. The smallest absolute Gasteiger partial charge is 0.322 e. The molecule has 3 aromatic rings. The van der Waals surface area contributed by atoms with E-state index in [9.17, 15) is 4.79 Å². The molecule has 0 saturated carbocycles. The molecule has 3 rings (SSSR count). The lowest BCUT2D eigenvalue weighted by molar-refractivity contribution is 0.102. The average Bonchev–Trinajstić information content (AvgIpc) is 3.09. The summed E-state index contributed by atoms with van der Waals surface area (Å²) in [6.07, 6.45) is 0.480. The Labute approximate surface area is 162 Å². The van der Waals surface area contributed by atoms with Gasteiger partial charge in [-0.25, -0.2) is 0 Å². The van der Waals surface area contributed by atoms with Crippen molar-refractivity contribution in [3.63, 3.8) is 0 Å². The summed E-state index contributed by atoms with van der Waals surface area (Å²) in [5.74, 6) is 0.940. The van der Waals surface area contributed by atoms with Crippen molar-refractivity contribution in [3.05, 3.63) is 65.5 Å². The van der Waals surface area contributed by atoms with Gasteiger partial charge in [0.1, 0.15) is 5.75 Å². The molecule has 0 aliphatic carbocycles. The van der Waals surface area contributed by atoms with E-state index in [1.807, 2.05) is 42.5 Å². The summed E-state index contributed by atoms with van der Waals surface area (Å²) in [6.45, 7) is 4.22. The summed E-state index contributed by atoms with van der Waals surface area (Å²) >= 11 is 1.70. The molecule has 0 spiro atoms. The van der Waals surface area contributed by atoms with Crippen LogP contribution in [0.15, 0.2) is 57.8 Å². The highest BCUT2D eigenvalue weighted by atomic mass is 32.2. The minimum absolute atomic E-state index is 0.0884. The van der Waals surface area contributed by atoms with Crippen LogP contribution in [-0.4, -0.2) is 28.5 Å². The molecule has 0 fully saturated rings. The number of hydrogen-bond acceptors (Lipinski definition) is 6. The number of hydrogen-bond donors (Lipinski definition) is 1. The van der Waals surface area contributed by atoms with Crippen LogP contribution in [0.5, 0.6) is 5.75 Å². The summed E-state index contributed by atoms with van der Waals surface area (Å²) in [6, 6.07) is 15.2. The molecule has 2 aromatic carbocycles. The Morgan fingerprint density at radius 1 is 1.19 bits per heavy atom. The molecule has 1 aromatic heterocycles. The molecule has 0 saturated heterocycles. The number of benzene rings is 2. The quantitative estimate of drug-likeness (QED) is 0.609. The summed E-state index contributed by atoms with van der Waals surface area (Å²) in [5.41, 5.74) is 1.56. The zero-order valence-corrected chi connectivity index (χ0v) is 16.2. The summed E-state index contributed by atoms with van der Waals surface area (Å²) in [5, 5.41) is 11.0. The number of anilines is 1. The van der Waals surface area contributed by atoms with E-state index in [0.29, 0.717) is 23.1 Å². The Kier molecular flexibility index (Phi) is 6.13. The first-order chi connectivity index (χ1) is 13.0. The number of methoxy groups -OCH3 is 1. The Morgan fingerprint density at radius 2 is 1.96 bits per heavy atom. The number of nitrogens with one attached hydrogen (secondary N) is 1. The third kappa shape index (κ3) is 5.34. The van der Waals surface area contributed by atoms with Gasteiger partial charge in [-0.3, -0.25) is 10.1 Å². The van der Waals surface area contributed by atoms with Crippen LogP contribution in [0.2, 0.25) is 0 Å². The zero-order valence-electron chi connectivity index (χ0n) is 15.4. The van der Waals surface area contributed by atoms with Gasteiger partial charge in [0.2, 0.25) is 5.89 Å². The molecule has 0 unspecified atom stereocenters. The van der Waals surface area contributed by atoms with Crippen molar-refractivity contribution in [2.75, 3.05) is 12.4 Å². The van der Waals surface area contributed by atoms with Crippen LogP contribution >= 0.6 is 11.8 Å². The predicted molar refractivity (Wildman–Crippen MR) is 105 cm³/mol. The number of rotatable bonds is 7. The molecule has 140 valence electrons. The first kappa shape index (κ1) is 19.0. The van der Waals surface area contributed by atoms with E-state index in [0.717, 1.165) is 16.2 Å². The number of thioether (sulfide) groups is 1. The molecule has 27 heavy (non-hydrogen) atoms. The van der Waals surface area contributed by atoms with Gasteiger partial charge in [0.25, 0.3) is 5.91 Å². The van der Waals surface area contributed by atoms with Crippen LogP contribution in [0.25, 0.3) is 0 Å². The second kappa shape index (κ2) is 8.73. The van der Waals surface area contributed by atoms with Crippen LogP contribution in [0, 0.1) is 0 Å². The van der Waals surface area contributed by atoms with E-state index in [-0.39, 0.29) is 11.9 Å². The maximum Gasteiger partial charge on any atom is 0.322 e. The normalized spacial score (nSPS) is 10.8. The predicted octanol–water partition coefficient (Wildman–Crippen LogP) is 4.42. The Balaban J connectivity index is 1.63. The molecular weight excluding hydrogens is 362 g/mol. The largest absolute Gasteiger partial charge is 0.497 e. The van der Waals surface area contributed by atoms with Crippen molar-refractivity contribution in [3.8, 4) is 5.75 Å². The molecule has 0 aliphatic heterocycles. The second-order valence-electron chi connectivity index (χ2n) is 6.17. The van der Waals surface area contributed by atoms with Gasteiger partial charge >= 0.3 is 6.01 Å². The van der Waals surface area contributed by atoms with Gasteiger partial charge in [-0.2, -0.15) is 0 Å². The molecule has 6 nitrogen and oxygen atoms in total. The van der Waals surface area contributed by atoms with Crippen LogP contribution in [0.1, 0.15) is 35.7 Å². The van der Waals surface area contributed by atoms with Crippen LogP contribution in [0.4, 0.5) is 6.01 Å². The van der Waals surface area contributed by atoms with E-state index in [4.69, 9.17) is 9.15 Å². The number of nitrogens with zero attached hydrogens (tertiary/aromatic N) is 2. The molecule has 0 bridgehead atoms. The van der Waals surface area contributed by atoms with E-state index in [1.165, 1.54) is 0 Å². The molecule has 0 aliphatic rings. The summed E-state index contributed by atoms with van der Waals surface area (Å²) in [4.78, 5) is 13.5. The van der Waals surface area contributed by atoms with Crippen molar-refractivity contribution in [1.29, 1.82) is 0 Å². The molecule has 0 atom stereocenters. The number of amides is 1. The second-order valence-corrected chi connectivity index (χ2v) is 7.82. The molecule has 7 heteroatoms. The Morgan fingerprint density at radius 3 is 2.67 bits per heavy atom. The number of carbonyl (C=O) groups is 1. The third-order valence-electron chi connectivity index (χ3n) is 3.67. The van der Waals surface area contributed by atoms with Crippen molar-refractivity contribution in [2.45, 2.75) is 30.4 Å². The zero-order chi connectivity index (χ0) is 19.2. The van der Waals surface area contributed by atoms with Gasteiger partial charge in [0.05, 0.1) is 13.5 Å². The van der Waals surface area contributed by atoms with Gasteiger partial charge in [-0.15, -0.1) is 16.9 Å². The van der Waals surface area contributed by atoms with E-state index >= 15 is 0 Å². The van der Waals surface area contributed by atoms with Gasteiger partial charge in [0, 0.05) is 15.7 Å². The highest BCUT2D eigenvalue weighted by Gasteiger charge is 2.13. The van der Waals surface area contributed by atoms with E-state index in [2.05, 4.69) is 29.4 Å². The minimum Gasteiger partial charge on any atom is -0.497 e. The number of ether oxygens (including phenoxy) is 1. The lowest BCUT2D eigenvalue weighted by Gasteiger charge is -2.06.